The minimum atomic E-state index is -1.25. The molecule has 0 spiro atoms. The third-order valence-electron chi connectivity index (χ3n) is 5.19. The van der Waals surface area contributed by atoms with Gasteiger partial charge < -0.3 is 15.7 Å². The Labute approximate surface area is 192 Å². The molecule has 1 aromatic carbocycles. The maximum atomic E-state index is 14.6. The van der Waals surface area contributed by atoms with Crippen LogP contribution in [-0.4, -0.2) is 39.6 Å². The highest BCUT2D eigenvalue weighted by molar-refractivity contribution is 6.30. The second-order valence-electron chi connectivity index (χ2n) is 7.47. The number of amides is 2. The van der Waals surface area contributed by atoms with Crippen LogP contribution in [0.2, 0.25) is 5.02 Å². The van der Waals surface area contributed by atoms with Gasteiger partial charge in [0.05, 0.1) is 28.8 Å². The highest BCUT2D eigenvalue weighted by Gasteiger charge is 2.30. The smallest absolute Gasteiger partial charge is 0.260 e. The van der Waals surface area contributed by atoms with Gasteiger partial charge in [-0.1, -0.05) is 11.6 Å². The molecule has 0 aliphatic carbocycles. The molecule has 170 valence electrons. The van der Waals surface area contributed by atoms with Gasteiger partial charge in [0.25, 0.3) is 11.5 Å². The Morgan fingerprint density at radius 1 is 1.18 bits per heavy atom. The molecule has 3 heterocycles. The van der Waals surface area contributed by atoms with Gasteiger partial charge in [0, 0.05) is 23.8 Å². The first-order valence-corrected chi connectivity index (χ1v) is 10.2. The van der Waals surface area contributed by atoms with Gasteiger partial charge in [-0.25, -0.2) is 4.39 Å². The first-order valence-electron chi connectivity index (χ1n) is 9.87. The number of nitrogens with zero attached hydrogens (tertiary/aromatic N) is 3. The van der Waals surface area contributed by atoms with E-state index in [-0.39, 0.29) is 40.1 Å². The van der Waals surface area contributed by atoms with Crippen LogP contribution < -0.4 is 21.1 Å². The SMILES string of the molecule is C[C@H](O)C(=O)Nc1cnccc1Nc1cc(-c2cc(Cl)ccc2F)c(=O)n2c1N(C)C(=O)C2. The first-order chi connectivity index (χ1) is 15.7. The van der Waals surface area contributed by atoms with Gasteiger partial charge in [-0.05, 0) is 37.3 Å². The van der Waals surface area contributed by atoms with Crippen LogP contribution in [0.4, 0.5) is 27.3 Å². The second-order valence-corrected chi connectivity index (χ2v) is 7.91. The van der Waals surface area contributed by atoms with E-state index in [9.17, 15) is 23.9 Å². The summed E-state index contributed by atoms with van der Waals surface area (Å²) >= 11 is 6.03. The maximum Gasteiger partial charge on any atom is 0.260 e. The molecule has 9 nitrogen and oxygen atoms in total. The zero-order chi connectivity index (χ0) is 23.9. The van der Waals surface area contributed by atoms with Crippen LogP contribution in [0.15, 0.2) is 47.5 Å². The topological polar surface area (TPSA) is 117 Å². The molecule has 3 aromatic rings. The summed E-state index contributed by atoms with van der Waals surface area (Å²) in [7, 11) is 1.52. The van der Waals surface area contributed by atoms with Crippen molar-refractivity contribution in [1.82, 2.24) is 9.55 Å². The molecule has 1 atom stereocenters. The van der Waals surface area contributed by atoms with E-state index in [2.05, 4.69) is 15.6 Å². The van der Waals surface area contributed by atoms with Gasteiger partial charge in [-0.3, -0.25) is 28.8 Å². The Morgan fingerprint density at radius 3 is 2.67 bits per heavy atom. The molecule has 0 unspecified atom stereocenters. The van der Waals surface area contributed by atoms with Crippen LogP contribution >= 0.6 is 11.6 Å². The van der Waals surface area contributed by atoms with E-state index in [4.69, 9.17) is 11.6 Å². The molecule has 3 N–H and O–H groups in total. The minimum absolute atomic E-state index is 0.00738. The number of carbonyl (C=O) groups is 2. The predicted molar refractivity (Wildman–Crippen MR) is 122 cm³/mol. The molecular weight excluding hydrogens is 453 g/mol. The number of halogens is 2. The fraction of sp³-hybridized carbons (Fsp3) is 0.182. The Morgan fingerprint density at radius 2 is 1.94 bits per heavy atom. The molecule has 0 saturated heterocycles. The van der Waals surface area contributed by atoms with Crippen LogP contribution in [0.3, 0.4) is 0 Å². The van der Waals surface area contributed by atoms with E-state index in [0.29, 0.717) is 11.4 Å². The number of aromatic nitrogens is 2. The molecule has 0 fully saturated rings. The lowest BCUT2D eigenvalue weighted by atomic mass is 10.1. The molecule has 33 heavy (non-hydrogen) atoms. The van der Waals surface area contributed by atoms with Gasteiger partial charge in [0.1, 0.15) is 24.3 Å². The van der Waals surface area contributed by atoms with Crippen molar-refractivity contribution in [2.75, 3.05) is 22.6 Å². The number of hydrogen-bond acceptors (Lipinski definition) is 6. The van der Waals surface area contributed by atoms with E-state index in [1.165, 1.54) is 54.0 Å². The van der Waals surface area contributed by atoms with E-state index >= 15 is 0 Å². The Hall–Kier alpha value is -3.76. The zero-order valence-electron chi connectivity index (χ0n) is 17.6. The summed E-state index contributed by atoms with van der Waals surface area (Å²) in [5, 5.41) is 15.4. The molecule has 1 aliphatic rings. The average Bonchev–Trinajstić information content (AvgIpc) is 3.08. The van der Waals surface area contributed by atoms with E-state index < -0.39 is 23.4 Å². The molecule has 1 aliphatic heterocycles. The number of aliphatic hydroxyl groups is 1. The number of likely N-dealkylation sites (N-methyl/N-ethyl adjacent to an activating group) is 1. The van der Waals surface area contributed by atoms with Gasteiger partial charge in [0.15, 0.2) is 0 Å². The summed E-state index contributed by atoms with van der Waals surface area (Å²) < 4.78 is 15.8. The molecule has 0 bridgehead atoms. The molecule has 11 heteroatoms. The number of pyridine rings is 2. The summed E-state index contributed by atoms with van der Waals surface area (Å²) in [6.07, 6.45) is 1.60. The summed E-state index contributed by atoms with van der Waals surface area (Å²) in [6.45, 7) is 1.11. The monoisotopic (exact) mass is 471 g/mol. The van der Waals surface area contributed by atoms with Crippen molar-refractivity contribution in [1.29, 1.82) is 0 Å². The quantitative estimate of drug-likeness (QED) is 0.527. The molecule has 0 saturated carbocycles. The number of fused-ring (bicyclic) bond motifs is 1. The fourth-order valence-corrected chi connectivity index (χ4v) is 3.67. The number of rotatable bonds is 5. The van der Waals surface area contributed by atoms with Crippen molar-refractivity contribution in [3.8, 4) is 11.1 Å². The van der Waals surface area contributed by atoms with Crippen molar-refractivity contribution in [3.63, 3.8) is 0 Å². The lowest BCUT2D eigenvalue weighted by Gasteiger charge is -2.20. The predicted octanol–water partition coefficient (Wildman–Crippen LogP) is 2.74. The molecule has 2 amide bonds. The van der Waals surface area contributed by atoms with Crippen LogP contribution in [0.1, 0.15) is 6.92 Å². The summed E-state index contributed by atoms with van der Waals surface area (Å²) in [4.78, 5) is 42.8. The van der Waals surface area contributed by atoms with Crippen LogP contribution in [0.25, 0.3) is 11.1 Å². The lowest BCUT2D eigenvalue weighted by molar-refractivity contribution is -0.123. The van der Waals surface area contributed by atoms with Gasteiger partial charge in [-0.2, -0.15) is 0 Å². The zero-order valence-corrected chi connectivity index (χ0v) is 18.4. The normalized spacial score (nSPS) is 13.6. The highest BCUT2D eigenvalue weighted by atomic mass is 35.5. The number of nitrogens with one attached hydrogen (secondary N) is 2. The number of hydrogen-bond donors (Lipinski definition) is 3. The highest BCUT2D eigenvalue weighted by Crippen LogP contribution is 2.36. The van der Waals surface area contributed by atoms with Crippen LogP contribution in [0, 0.1) is 5.82 Å². The molecular formula is C22H19ClFN5O4. The second kappa shape index (κ2) is 8.64. The van der Waals surface area contributed by atoms with Crippen molar-refractivity contribution >= 4 is 46.3 Å². The van der Waals surface area contributed by atoms with E-state index in [1.54, 1.807) is 6.07 Å². The summed E-state index contributed by atoms with van der Waals surface area (Å²) in [5.41, 5.74) is 0.405. The minimum Gasteiger partial charge on any atom is -0.384 e. The average molecular weight is 472 g/mol. The largest absolute Gasteiger partial charge is 0.384 e. The first kappa shape index (κ1) is 22.4. The Balaban J connectivity index is 1.88. The summed E-state index contributed by atoms with van der Waals surface area (Å²) in [6, 6.07) is 6.86. The number of anilines is 4. The summed E-state index contributed by atoms with van der Waals surface area (Å²) in [5.74, 6) is -1.33. The maximum absolute atomic E-state index is 14.6. The third-order valence-corrected chi connectivity index (χ3v) is 5.43. The van der Waals surface area contributed by atoms with Crippen molar-refractivity contribution in [2.45, 2.75) is 19.6 Å². The van der Waals surface area contributed by atoms with Crippen molar-refractivity contribution in [2.24, 2.45) is 0 Å². The van der Waals surface area contributed by atoms with E-state index in [0.717, 1.165) is 6.07 Å². The van der Waals surface area contributed by atoms with Crippen LogP contribution in [-0.2, 0) is 16.1 Å². The van der Waals surface area contributed by atoms with Crippen molar-refractivity contribution in [3.05, 3.63) is 63.9 Å². The van der Waals surface area contributed by atoms with E-state index in [1.807, 2.05) is 0 Å². The third kappa shape index (κ3) is 4.18. The van der Waals surface area contributed by atoms with Crippen molar-refractivity contribution < 1.29 is 19.1 Å². The number of benzene rings is 1. The number of aliphatic hydroxyl groups excluding tert-OH is 1. The van der Waals surface area contributed by atoms with Gasteiger partial charge >= 0.3 is 0 Å². The van der Waals surface area contributed by atoms with Gasteiger partial charge in [0.2, 0.25) is 5.91 Å². The fourth-order valence-electron chi connectivity index (χ4n) is 3.50. The Bertz CT molecular complexity index is 1340. The number of carbonyl (C=O) groups excluding carboxylic acids is 2. The molecule has 0 radical (unpaired) electrons. The molecule has 2 aromatic heterocycles. The lowest BCUT2D eigenvalue weighted by Crippen LogP contribution is -2.25. The Kier molecular flexibility index (Phi) is 5.88. The van der Waals surface area contributed by atoms with Crippen LogP contribution in [0.5, 0.6) is 0 Å². The van der Waals surface area contributed by atoms with Gasteiger partial charge in [-0.15, -0.1) is 0 Å². The standard InChI is InChI=1S/C22H19ClFN5O4/c1-11(30)20(32)27-18-9-25-6-5-16(18)26-17-8-14(13-7-12(23)3-4-15(13)24)22(33)29-10-19(31)28(2)21(17)29/h3-9,11,30H,10H2,1-2H3,(H,25,26)(H,27,32)/t11-/m0/s1. The molecule has 4 rings (SSSR count).